The van der Waals surface area contributed by atoms with Gasteiger partial charge in [0.1, 0.15) is 11.6 Å². The molecule has 0 aromatic heterocycles. The molecule has 0 saturated carbocycles. The molecule has 1 aliphatic rings. The van der Waals surface area contributed by atoms with E-state index < -0.39 is 6.10 Å². The van der Waals surface area contributed by atoms with Crippen LogP contribution in [0.4, 0.5) is 0 Å². The van der Waals surface area contributed by atoms with Gasteiger partial charge in [-0.3, -0.25) is 10.1 Å². The van der Waals surface area contributed by atoms with E-state index >= 15 is 0 Å². The van der Waals surface area contributed by atoms with Gasteiger partial charge in [-0.05, 0) is 5.56 Å². The Morgan fingerprint density at radius 1 is 1.38 bits per heavy atom. The second-order valence-electron chi connectivity index (χ2n) is 3.61. The Balaban J connectivity index is 1.81. The molecule has 1 heterocycles. The number of β-amino-alcohol motifs (C(OH)–C–C–N with tert-alkyl or cyclic N) is 1. The molecule has 0 bridgehead atoms. The molecule has 0 aliphatic carbocycles. The summed E-state index contributed by atoms with van der Waals surface area (Å²) < 4.78 is 0. The number of rotatable bonds is 3. The van der Waals surface area contributed by atoms with Crippen LogP contribution in [0.1, 0.15) is 5.56 Å². The molecule has 2 atom stereocenters. The van der Waals surface area contributed by atoms with E-state index in [1.165, 1.54) is 5.56 Å². The average Bonchev–Trinajstić information content (AvgIpc) is 2.32. The lowest BCUT2D eigenvalue weighted by molar-refractivity contribution is -0.131. The van der Waals surface area contributed by atoms with Gasteiger partial charge >= 0.3 is 0 Å². The summed E-state index contributed by atoms with van der Waals surface area (Å²) in [5.41, 5.74) is 1.10. The number of carbonyl (C=O) groups excluding carboxylic acids is 1. The summed E-state index contributed by atoms with van der Waals surface area (Å²) in [6.07, 6.45) is -0.923. The topological polar surface area (TPSA) is 61.4 Å². The maximum atomic E-state index is 11.2. The van der Waals surface area contributed by atoms with E-state index in [1.807, 2.05) is 30.3 Å². The molecule has 2 rings (SSSR count). The van der Waals surface area contributed by atoms with Crippen LogP contribution in [-0.4, -0.2) is 29.2 Å². The largest absolute Gasteiger partial charge is 0.382 e. The van der Waals surface area contributed by atoms with Crippen molar-refractivity contribution in [3.05, 3.63) is 35.9 Å². The minimum absolute atomic E-state index is 0.115. The third kappa shape index (κ3) is 2.98. The number of thioether (sulfide) groups is 1. The van der Waals surface area contributed by atoms with Crippen molar-refractivity contribution in [2.24, 2.45) is 0 Å². The molecule has 0 spiro atoms. The van der Waals surface area contributed by atoms with Crippen LogP contribution >= 0.6 is 11.8 Å². The van der Waals surface area contributed by atoms with Gasteiger partial charge < -0.3 is 10.4 Å². The van der Waals surface area contributed by atoms with Gasteiger partial charge in [0, 0.05) is 12.3 Å². The minimum atomic E-state index is -0.923. The molecular formula is C11H14N2O2S. The van der Waals surface area contributed by atoms with Crippen LogP contribution in [0, 0.1) is 0 Å². The summed E-state index contributed by atoms with van der Waals surface area (Å²) in [5, 5.41) is 14.9. The van der Waals surface area contributed by atoms with Crippen LogP contribution in [-0.2, 0) is 10.5 Å². The quantitative estimate of drug-likeness (QED) is 0.708. The lowest BCUT2D eigenvalue weighted by Gasteiger charge is -2.27. The first-order chi connectivity index (χ1) is 7.75. The van der Waals surface area contributed by atoms with E-state index in [0.29, 0.717) is 6.54 Å². The zero-order valence-corrected chi connectivity index (χ0v) is 9.54. The van der Waals surface area contributed by atoms with E-state index in [4.69, 9.17) is 0 Å². The fourth-order valence-corrected chi connectivity index (χ4v) is 2.41. The molecular weight excluding hydrogens is 224 g/mol. The number of aliphatic hydroxyl groups excluding tert-OH is 1. The molecule has 1 aromatic rings. The minimum Gasteiger partial charge on any atom is -0.382 e. The fraction of sp³-hybridized carbons (Fsp3) is 0.364. The highest BCUT2D eigenvalue weighted by atomic mass is 32.2. The highest BCUT2D eigenvalue weighted by Gasteiger charge is 2.25. The zero-order chi connectivity index (χ0) is 11.4. The maximum absolute atomic E-state index is 11.2. The van der Waals surface area contributed by atoms with Gasteiger partial charge in [0.05, 0.1) is 0 Å². The van der Waals surface area contributed by atoms with Crippen LogP contribution < -0.4 is 10.6 Å². The summed E-state index contributed by atoms with van der Waals surface area (Å²) in [4.78, 5) is 11.2. The first kappa shape index (κ1) is 11.4. The van der Waals surface area contributed by atoms with Crippen molar-refractivity contribution in [2.75, 3.05) is 6.54 Å². The number of aliphatic hydroxyl groups is 1. The Kier molecular flexibility index (Phi) is 3.82. The monoisotopic (exact) mass is 238 g/mol. The number of amides is 1. The predicted octanol–water partition coefficient (Wildman–Crippen LogP) is 0.284. The Morgan fingerprint density at radius 3 is 2.81 bits per heavy atom. The van der Waals surface area contributed by atoms with Crippen molar-refractivity contribution in [1.82, 2.24) is 10.6 Å². The molecule has 86 valence electrons. The Hall–Kier alpha value is -1.04. The fourth-order valence-electron chi connectivity index (χ4n) is 1.44. The third-order valence-electron chi connectivity index (χ3n) is 2.33. The predicted molar refractivity (Wildman–Crippen MR) is 63.7 cm³/mol. The average molecular weight is 238 g/mol. The van der Waals surface area contributed by atoms with Gasteiger partial charge in [-0.1, -0.05) is 30.3 Å². The van der Waals surface area contributed by atoms with Crippen LogP contribution in [0.25, 0.3) is 0 Å². The Bertz CT molecular complexity index is 358. The summed E-state index contributed by atoms with van der Waals surface area (Å²) >= 11 is 1.60. The van der Waals surface area contributed by atoms with E-state index in [1.54, 1.807) is 11.8 Å². The summed E-state index contributed by atoms with van der Waals surface area (Å²) in [7, 11) is 0. The van der Waals surface area contributed by atoms with Crippen molar-refractivity contribution >= 4 is 17.7 Å². The molecule has 0 radical (unpaired) electrons. The summed E-state index contributed by atoms with van der Waals surface area (Å²) in [5.74, 6) is 0.527. The number of hydrogen-bond acceptors (Lipinski definition) is 4. The molecule has 1 aliphatic heterocycles. The normalized spacial score (nSPS) is 25.2. The standard InChI is InChI=1S/C11H14N2O2S/c14-9-6-12-11(13-10(9)15)16-7-8-4-2-1-3-5-8/h1-5,9,11-12,14H,6-7H2,(H,13,15). The first-order valence-corrected chi connectivity index (χ1v) is 6.18. The van der Waals surface area contributed by atoms with E-state index in [-0.39, 0.29) is 11.4 Å². The highest BCUT2D eigenvalue weighted by Crippen LogP contribution is 2.15. The SMILES string of the molecule is O=C1NC(SCc2ccccc2)NCC1O. The number of benzene rings is 1. The van der Waals surface area contributed by atoms with Gasteiger partial charge in [0.2, 0.25) is 0 Å². The molecule has 2 unspecified atom stereocenters. The van der Waals surface area contributed by atoms with Crippen LogP contribution in [0.2, 0.25) is 0 Å². The summed E-state index contributed by atoms with van der Waals surface area (Å²) in [6, 6.07) is 10.1. The molecule has 1 aromatic carbocycles. The molecule has 4 nitrogen and oxygen atoms in total. The molecule has 5 heteroatoms. The van der Waals surface area contributed by atoms with Gasteiger partial charge in [0.15, 0.2) is 0 Å². The highest BCUT2D eigenvalue weighted by molar-refractivity contribution is 7.99. The van der Waals surface area contributed by atoms with Crippen molar-refractivity contribution < 1.29 is 9.90 Å². The van der Waals surface area contributed by atoms with Crippen LogP contribution in [0.3, 0.4) is 0 Å². The second-order valence-corrected chi connectivity index (χ2v) is 4.70. The lowest BCUT2D eigenvalue weighted by atomic mass is 10.2. The number of carbonyl (C=O) groups is 1. The van der Waals surface area contributed by atoms with Gasteiger partial charge in [-0.15, -0.1) is 11.8 Å². The van der Waals surface area contributed by atoms with Crippen molar-refractivity contribution in [1.29, 1.82) is 0 Å². The smallest absolute Gasteiger partial charge is 0.252 e. The Labute approximate surface area is 98.4 Å². The first-order valence-electron chi connectivity index (χ1n) is 5.13. The zero-order valence-electron chi connectivity index (χ0n) is 8.72. The van der Waals surface area contributed by atoms with Crippen molar-refractivity contribution in [3.8, 4) is 0 Å². The van der Waals surface area contributed by atoms with E-state index in [0.717, 1.165) is 5.75 Å². The second kappa shape index (κ2) is 5.34. The van der Waals surface area contributed by atoms with Gasteiger partial charge in [-0.25, -0.2) is 0 Å². The molecule has 1 fully saturated rings. The van der Waals surface area contributed by atoms with Crippen LogP contribution in [0.5, 0.6) is 0 Å². The maximum Gasteiger partial charge on any atom is 0.252 e. The molecule has 3 N–H and O–H groups in total. The third-order valence-corrected chi connectivity index (χ3v) is 3.45. The van der Waals surface area contributed by atoms with E-state index in [9.17, 15) is 9.90 Å². The molecule has 1 amide bonds. The van der Waals surface area contributed by atoms with Gasteiger partial charge in [-0.2, -0.15) is 0 Å². The van der Waals surface area contributed by atoms with Gasteiger partial charge in [0.25, 0.3) is 5.91 Å². The van der Waals surface area contributed by atoms with E-state index in [2.05, 4.69) is 10.6 Å². The molecule has 16 heavy (non-hydrogen) atoms. The number of hydrogen-bond donors (Lipinski definition) is 3. The van der Waals surface area contributed by atoms with Crippen molar-refractivity contribution in [2.45, 2.75) is 17.4 Å². The number of nitrogens with one attached hydrogen (secondary N) is 2. The van der Waals surface area contributed by atoms with Crippen LogP contribution in [0.15, 0.2) is 30.3 Å². The Morgan fingerprint density at radius 2 is 2.12 bits per heavy atom. The summed E-state index contributed by atoms with van der Waals surface area (Å²) in [6.45, 7) is 0.318. The lowest BCUT2D eigenvalue weighted by Crippen LogP contribution is -2.57. The van der Waals surface area contributed by atoms with Crippen molar-refractivity contribution in [3.63, 3.8) is 0 Å². The molecule has 1 saturated heterocycles.